The highest BCUT2D eigenvalue weighted by molar-refractivity contribution is 7.22. The zero-order valence-corrected chi connectivity index (χ0v) is 15.3. The number of carbonyl (C=O) groups excluding carboxylic acids is 1. The first-order valence-electron chi connectivity index (χ1n) is 8.54. The highest BCUT2D eigenvalue weighted by Gasteiger charge is 2.19. The minimum absolute atomic E-state index is 0.145. The molecular formula is C18H21N5OS. The van der Waals surface area contributed by atoms with E-state index in [-0.39, 0.29) is 5.91 Å². The van der Waals surface area contributed by atoms with Crippen molar-refractivity contribution in [2.75, 3.05) is 18.4 Å². The average molecular weight is 355 g/mol. The Labute approximate surface area is 150 Å². The molecule has 6 nitrogen and oxygen atoms in total. The molecule has 0 spiro atoms. The molecule has 0 atom stereocenters. The third-order valence-electron chi connectivity index (χ3n) is 4.58. The highest BCUT2D eigenvalue weighted by Crippen LogP contribution is 2.28. The fourth-order valence-electron chi connectivity index (χ4n) is 3.21. The number of nitrogens with one attached hydrogen (secondary N) is 1. The molecule has 1 N–H and O–H groups in total. The van der Waals surface area contributed by atoms with Crippen LogP contribution in [0.15, 0.2) is 24.3 Å². The molecule has 1 aromatic carbocycles. The van der Waals surface area contributed by atoms with Gasteiger partial charge in [-0.3, -0.25) is 4.79 Å². The van der Waals surface area contributed by atoms with Crippen molar-refractivity contribution >= 4 is 32.7 Å². The summed E-state index contributed by atoms with van der Waals surface area (Å²) in [5.74, 6) is 0.145. The maximum Gasteiger partial charge on any atom is 0.253 e. The van der Waals surface area contributed by atoms with Gasteiger partial charge >= 0.3 is 0 Å². The minimum Gasteiger partial charge on any atom is -0.357 e. The van der Waals surface area contributed by atoms with E-state index >= 15 is 0 Å². The van der Waals surface area contributed by atoms with Crippen LogP contribution in [0.3, 0.4) is 0 Å². The quantitative estimate of drug-likeness (QED) is 0.781. The smallest absolute Gasteiger partial charge is 0.253 e. The monoisotopic (exact) mass is 355 g/mol. The largest absolute Gasteiger partial charge is 0.357 e. The van der Waals surface area contributed by atoms with Crippen molar-refractivity contribution in [1.29, 1.82) is 0 Å². The van der Waals surface area contributed by atoms with E-state index in [9.17, 15) is 4.79 Å². The molecule has 0 aliphatic carbocycles. The number of anilines is 1. The second kappa shape index (κ2) is 6.48. The maximum atomic E-state index is 12.4. The van der Waals surface area contributed by atoms with Crippen molar-refractivity contribution in [3.63, 3.8) is 0 Å². The first kappa shape index (κ1) is 16.1. The van der Waals surface area contributed by atoms with Crippen LogP contribution in [0.4, 0.5) is 5.13 Å². The maximum absolute atomic E-state index is 12.4. The first-order chi connectivity index (χ1) is 12.1. The molecular weight excluding hydrogens is 334 g/mol. The molecule has 3 heterocycles. The van der Waals surface area contributed by atoms with Gasteiger partial charge in [0.2, 0.25) is 0 Å². The van der Waals surface area contributed by atoms with Crippen molar-refractivity contribution < 1.29 is 4.79 Å². The summed E-state index contributed by atoms with van der Waals surface area (Å²) in [7, 11) is 1.91. The summed E-state index contributed by atoms with van der Waals surface area (Å²) >= 11 is 1.62. The lowest BCUT2D eigenvalue weighted by atomic mass is 10.1. The molecule has 0 unspecified atom stereocenters. The number of rotatable bonds is 4. The number of benzene rings is 1. The Morgan fingerprint density at radius 1 is 1.24 bits per heavy atom. The van der Waals surface area contributed by atoms with Crippen molar-refractivity contribution in [3.8, 4) is 0 Å². The van der Waals surface area contributed by atoms with Crippen LogP contribution in [0.1, 0.15) is 34.5 Å². The van der Waals surface area contributed by atoms with Crippen molar-refractivity contribution in [3.05, 3.63) is 41.1 Å². The third kappa shape index (κ3) is 3.11. The fourth-order valence-corrected chi connectivity index (χ4v) is 4.13. The minimum atomic E-state index is 0.145. The van der Waals surface area contributed by atoms with Gasteiger partial charge in [-0.05, 0) is 37.5 Å². The molecule has 130 valence electrons. The van der Waals surface area contributed by atoms with Crippen LogP contribution in [-0.4, -0.2) is 38.7 Å². The van der Waals surface area contributed by atoms with Crippen molar-refractivity contribution in [2.45, 2.75) is 26.3 Å². The van der Waals surface area contributed by atoms with E-state index in [1.54, 1.807) is 11.3 Å². The Bertz CT molecular complexity index is 871. The van der Waals surface area contributed by atoms with Crippen LogP contribution in [0, 0.1) is 6.92 Å². The molecule has 1 saturated heterocycles. The van der Waals surface area contributed by atoms with Gasteiger partial charge in [-0.2, -0.15) is 5.10 Å². The number of aromatic nitrogens is 3. The van der Waals surface area contributed by atoms with E-state index in [1.807, 2.05) is 47.8 Å². The lowest BCUT2D eigenvalue weighted by molar-refractivity contribution is 0.0793. The van der Waals surface area contributed by atoms with Gasteiger partial charge in [0.05, 0.1) is 10.4 Å². The van der Waals surface area contributed by atoms with Crippen molar-refractivity contribution in [1.82, 2.24) is 19.7 Å². The number of aryl methyl sites for hydroxylation is 2. The second-order valence-corrected chi connectivity index (χ2v) is 7.43. The van der Waals surface area contributed by atoms with Crippen LogP contribution in [0.5, 0.6) is 0 Å². The average Bonchev–Trinajstić information content (AvgIpc) is 3.33. The highest BCUT2D eigenvalue weighted by atomic mass is 32.1. The summed E-state index contributed by atoms with van der Waals surface area (Å²) in [5.41, 5.74) is 3.82. The second-order valence-electron chi connectivity index (χ2n) is 6.43. The lowest BCUT2D eigenvalue weighted by Gasteiger charge is -2.15. The summed E-state index contributed by atoms with van der Waals surface area (Å²) in [6, 6.07) is 7.86. The number of hydrogen-bond donors (Lipinski definition) is 1. The number of carbonyl (C=O) groups is 1. The standard InChI is InChI=1S/C18H21N5OS/c1-12-15-16(22(2)21-12)20-18(25-15)19-11-13-5-7-14(8-6-13)17(24)23-9-3-4-10-23/h5-8H,3-4,9-11H2,1-2H3,(H,19,20). The van der Waals surface area contributed by atoms with E-state index in [0.29, 0.717) is 6.54 Å². The van der Waals surface area contributed by atoms with Gasteiger partial charge in [-0.25, -0.2) is 9.67 Å². The number of fused-ring (bicyclic) bond motifs is 1. The van der Waals surface area contributed by atoms with Gasteiger partial charge in [0.25, 0.3) is 5.91 Å². The van der Waals surface area contributed by atoms with Gasteiger partial charge in [0.1, 0.15) is 0 Å². The van der Waals surface area contributed by atoms with Crippen LogP contribution in [0.25, 0.3) is 10.3 Å². The van der Waals surface area contributed by atoms with Gasteiger partial charge in [-0.15, -0.1) is 0 Å². The molecule has 1 aliphatic rings. The predicted molar refractivity (Wildman–Crippen MR) is 100 cm³/mol. The normalized spacial score (nSPS) is 14.4. The molecule has 1 amide bonds. The van der Waals surface area contributed by atoms with Crippen LogP contribution < -0.4 is 5.32 Å². The lowest BCUT2D eigenvalue weighted by Crippen LogP contribution is -2.27. The Morgan fingerprint density at radius 3 is 2.64 bits per heavy atom. The zero-order valence-electron chi connectivity index (χ0n) is 14.5. The van der Waals surface area contributed by atoms with Gasteiger partial charge in [0, 0.05) is 32.2 Å². The number of nitrogens with zero attached hydrogens (tertiary/aromatic N) is 4. The summed E-state index contributed by atoms with van der Waals surface area (Å²) in [4.78, 5) is 18.9. The summed E-state index contributed by atoms with van der Waals surface area (Å²) in [6.45, 7) is 4.45. The molecule has 0 saturated carbocycles. The molecule has 1 aliphatic heterocycles. The SMILES string of the molecule is Cc1nn(C)c2nc(NCc3ccc(C(=O)N4CCCC4)cc3)sc12. The summed E-state index contributed by atoms with van der Waals surface area (Å²) in [6.07, 6.45) is 2.23. The van der Waals surface area contributed by atoms with E-state index in [0.717, 1.165) is 58.2 Å². The summed E-state index contributed by atoms with van der Waals surface area (Å²) < 4.78 is 2.93. The van der Waals surface area contributed by atoms with Crippen LogP contribution >= 0.6 is 11.3 Å². The van der Waals surface area contributed by atoms with Crippen LogP contribution in [-0.2, 0) is 13.6 Å². The number of hydrogen-bond acceptors (Lipinski definition) is 5. The molecule has 0 radical (unpaired) electrons. The molecule has 3 aromatic rings. The number of amides is 1. The van der Waals surface area contributed by atoms with Gasteiger partial charge < -0.3 is 10.2 Å². The molecule has 1 fully saturated rings. The zero-order chi connectivity index (χ0) is 17.4. The molecule has 0 bridgehead atoms. The third-order valence-corrected chi connectivity index (χ3v) is 5.69. The topological polar surface area (TPSA) is 63.1 Å². The Kier molecular flexibility index (Phi) is 4.17. The summed E-state index contributed by atoms with van der Waals surface area (Å²) in [5, 5.41) is 8.63. The van der Waals surface area contributed by atoms with Crippen molar-refractivity contribution in [2.24, 2.45) is 7.05 Å². The van der Waals surface area contributed by atoms with E-state index in [1.165, 1.54) is 0 Å². The Hall–Kier alpha value is -2.41. The van der Waals surface area contributed by atoms with Gasteiger partial charge in [-0.1, -0.05) is 23.5 Å². The number of likely N-dealkylation sites (tertiary alicyclic amines) is 1. The van der Waals surface area contributed by atoms with E-state index < -0.39 is 0 Å². The van der Waals surface area contributed by atoms with E-state index in [2.05, 4.69) is 15.4 Å². The predicted octanol–water partition coefficient (Wildman–Crippen LogP) is 3.19. The molecule has 2 aromatic heterocycles. The first-order valence-corrected chi connectivity index (χ1v) is 9.36. The Morgan fingerprint density at radius 2 is 1.96 bits per heavy atom. The molecule has 25 heavy (non-hydrogen) atoms. The number of thiazole rings is 1. The van der Waals surface area contributed by atoms with E-state index in [4.69, 9.17) is 0 Å². The fraction of sp³-hybridized carbons (Fsp3) is 0.389. The Balaban J connectivity index is 1.42. The molecule has 4 rings (SSSR count). The van der Waals surface area contributed by atoms with Gasteiger partial charge in [0.15, 0.2) is 10.8 Å². The molecule has 7 heteroatoms. The van der Waals surface area contributed by atoms with Crippen LogP contribution in [0.2, 0.25) is 0 Å².